The van der Waals surface area contributed by atoms with Crippen LogP contribution < -0.4 is 31.8 Å². The molecular formula is C34H26O2P2. The molecule has 0 radical (unpaired) electrons. The van der Waals surface area contributed by atoms with E-state index in [1.807, 2.05) is 158 Å². The lowest BCUT2D eigenvalue weighted by atomic mass is 10.1. The molecule has 0 aromatic heterocycles. The first-order valence-corrected chi connectivity index (χ1v) is 16.0. The van der Waals surface area contributed by atoms with Crippen LogP contribution in [-0.4, -0.2) is 0 Å². The number of benzene rings is 6. The minimum Gasteiger partial charge on any atom is -0.309 e. The van der Waals surface area contributed by atoms with E-state index >= 15 is 9.13 Å². The Morgan fingerprint density at radius 2 is 0.526 bits per heavy atom. The van der Waals surface area contributed by atoms with E-state index < -0.39 is 14.3 Å². The van der Waals surface area contributed by atoms with Gasteiger partial charge in [0.1, 0.15) is 0 Å². The van der Waals surface area contributed by atoms with Crippen molar-refractivity contribution in [1.82, 2.24) is 0 Å². The van der Waals surface area contributed by atoms with Gasteiger partial charge in [-0.3, -0.25) is 0 Å². The zero-order valence-corrected chi connectivity index (χ0v) is 22.5. The van der Waals surface area contributed by atoms with Crippen molar-refractivity contribution in [1.29, 1.82) is 0 Å². The highest BCUT2D eigenvalue weighted by atomic mass is 31.2. The van der Waals surface area contributed by atoms with Crippen LogP contribution in [0.3, 0.4) is 0 Å². The second kappa shape index (κ2) is 10.1. The molecule has 0 aliphatic carbocycles. The first-order valence-electron chi connectivity index (χ1n) is 12.6. The maximum atomic E-state index is 15.3. The number of rotatable bonds is 6. The quantitative estimate of drug-likeness (QED) is 0.244. The van der Waals surface area contributed by atoms with E-state index in [2.05, 4.69) is 0 Å². The summed E-state index contributed by atoms with van der Waals surface area (Å²) in [6, 6.07) is 50.6. The summed E-state index contributed by atoms with van der Waals surface area (Å²) in [6.07, 6.45) is 0. The molecule has 0 N–H and O–H groups in total. The third-order valence-electron chi connectivity index (χ3n) is 7.04. The lowest BCUT2D eigenvalue weighted by molar-refractivity contribution is 0.591. The second-order valence-electron chi connectivity index (χ2n) is 9.21. The summed E-state index contributed by atoms with van der Waals surface area (Å²) in [5.74, 6) is 0. The molecule has 0 aliphatic rings. The first kappa shape index (κ1) is 24.4. The molecule has 4 heteroatoms. The predicted octanol–water partition coefficient (Wildman–Crippen LogP) is 6.12. The first-order chi connectivity index (χ1) is 18.6. The summed E-state index contributed by atoms with van der Waals surface area (Å²) in [7, 11) is -6.46. The van der Waals surface area contributed by atoms with Crippen molar-refractivity contribution in [2.75, 3.05) is 0 Å². The van der Waals surface area contributed by atoms with Gasteiger partial charge in [0.05, 0.1) is 0 Å². The van der Waals surface area contributed by atoms with Crippen LogP contribution in [-0.2, 0) is 9.13 Å². The van der Waals surface area contributed by atoms with Gasteiger partial charge in [-0.2, -0.15) is 0 Å². The standard InChI is InChI=1S/C34H26O2P2/c35-37(27-15-5-1-6-16-27,28-17-7-2-8-18-28)33-25-26-34(32-24-14-13-23-31(32)33)38(36,29-19-9-3-10-20-29)30-21-11-4-12-22-30/h1-26H. The van der Waals surface area contributed by atoms with Gasteiger partial charge in [-0.25, -0.2) is 0 Å². The lowest BCUT2D eigenvalue weighted by Gasteiger charge is -2.25. The van der Waals surface area contributed by atoms with E-state index in [0.717, 1.165) is 42.6 Å². The van der Waals surface area contributed by atoms with Gasteiger partial charge in [0.25, 0.3) is 0 Å². The molecule has 2 nitrogen and oxygen atoms in total. The normalized spacial score (nSPS) is 11.9. The summed E-state index contributed by atoms with van der Waals surface area (Å²) in [5.41, 5.74) is 0. The highest BCUT2D eigenvalue weighted by Gasteiger charge is 2.35. The molecule has 0 bridgehead atoms. The molecule has 0 aliphatic heterocycles. The zero-order valence-electron chi connectivity index (χ0n) is 20.7. The molecule has 0 atom stereocenters. The van der Waals surface area contributed by atoms with Gasteiger partial charge >= 0.3 is 0 Å². The van der Waals surface area contributed by atoms with Crippen molar-refractivity contribution < 1.29 is 9.13 Å². The largest absolute Gasteiger partial charge is 0.309 e. The molecule has 6 rings (SSSR count). The monoisotopic (exact) mass is 528 g/mol. The summed E-state index contributed by atoms with van der Waals surface area (Å²) in [6.45, 7) is 0. The highest BCUT2D eigenvalue weighted by Crippen LogP contribution is 2.48. The molecule has 0 saturated heterocycles. The fourth-order valence-corrected chi connectivity index (χ4v) is 10.9. The Kier molecular flexibility index (Phi) is 6.46. The molecular weight excluding hydrogens is 502 g/mol. The number of hydrogen-bond acceptors (Lipinski definition) is 2. The van der Waals surface area contributed by atoms with Crippen molar-refractivity contribution >= 4 is 56.9 Å². The van der Waals surface area contributed by atoms with Gasteiger partial charge in [-0.15, -0.1) is 0 Å². The number of fused-ring (bicyclic) bond motifs is 1. The Bertz CT molecular complexity index is 1580. The van der Waals surface area contributed by atoms with Gasteiger partial charge in [0.2, 0.25) is 0 Å². The maximum absolute atomic E-state index is 15.3. The third-order valence-corrected chi connectivity index (χ3v) is 13.3. The Hall–Kier alpha value is -3.96. The Balaban J connectivity index is 1.69. The molecule has 184 valence electrons. The van der Waals surface area contributed by atoms with Crippen LogP contribution in [0, 0.1) is 0 Å². The van der Waals surface area contributed by atoms with Crippen molar-refractivity contribution in [3.8, 4) is 0 Å². The van der Waals surface area contributed by atoms with Gasteiger partial charge < -0.3 is 9.13 Å². The Morgan fingerprint density at radius 1 is 0.289 bits per heavy atom. The van der Waals surface area contributed by atoms with Gasteiger partial charge in [-0.1, -0.05) is 146 Å². The fraction of sp³-hybridized carbons (Fsp3) is 0. The maximum Gasteiger partial charge on any atom is 0.171 e. The summed E-state index contributed by atoms with van der Waals surface area (Å²) in [5, 5.41) is 6.32. The molecule has 0 saturated carbocycles. The Morgan fingerprint density at radius 3 is 0.789 bits per heavy atom. The topological polar surface area (TPSA) is 34.1 Å². The van der Waals surface area contributed by atoms with Gasteiger partial charge in [0.15, 0.2) is 14.3 Å². The van der Waals surface area contributed by atoms with Crippen LogP contribution >= 0.6 is 14.3 Å². The van der Waals surface area contributed by atoms with E-state index in [1.165, 1.54) is 0 Å². The molecule has 0 fully saturated rings. The predicted molar refractivity (Wildman–Crippen MR) is 163 cm³/mol. The van der Waals surface area contributed by atoms with Crippen molar-refractivity contribution in [2.45, 2.75) is 0 Å². The SMILES string of the molecule is O=P(c1ccccc1)(c1ccccc1)c1ccc(P(=O)(c2ccccc2)c2ccccc2)c2ccccc12. The van der Waals surface area contributed by atoms with Crippen LogP contribution in [0.25, 0.3) is 10.8 Å². The molecule has 0 amide bonds. The molecule has 6 aromatic rings. The van der Waals surface area contributed by atoms with Gasteiger partial charge in [0, 0.05) is 31.8 Å². The van der Waals surface area contributed by atoms with Crippen molar-refractivity contribution in [3.05, 3.63) is 158 Å². The average molecular weight is 529 g/mol. The second-order valence-corrected chi connectivity index (χ2v) is 14.7. The minimum absolute atomic E-state index is 0.752. The third kappa shape index (κ3) is 3.98. The summed E-state index contributed by atoms with van der Waals surface area (Å²) in [4.78, 5) is 0. The van der Waals surface area contributed by atoms with Crippen molar-refractivity contribution in [2.24, 2.45) is 0 Å². The Labute approximate surface area is 223 Å². The van der Waals surface area contributed by atoms with E-state index in [1.54, 1.807) is 0 Å². The van der Waals surface area contributed by atoms with Crippen LogP contribution in [0.15, 0.2) is 158 Å². The van der Waals surface area contributed by atoms with Crippen LogP contribution in [0.4, 0.5) is 0 Å². The molecule has 0 heterocycles. The summed E-state index contributed by atoms with van der Waals surface area (Å²) >= 11 is 0. The van der Waals surface area contributed by atoms with E-state index in [4.69, 9.17) is 0 Å². The lowest BCUT2D eigenvalue weighted by Crippen LogP contribution is -2.29. The smallest absolute Gasteiger partial charge is 0.171 e. The molecule has 38 heavy (non-hydrogen) atoms. The summed E-state index contributed by atoms with van der Waals surface area (Å²) < 4.78 is 30.5. The minimum atomic E-state index is -3.23. The van der Waals surface area contributed by atoms with Crippen LogP contribution in [0.1, 0.15) is 0 Å². The van der Waals surface area contributed by atoms with E-state index in [0.29, 0.717) is 0 Å². The number of hydrogen-bond donors (Lipinski definition) is 0. The average Bonchev–Trinajstić information content (AvgIpc) is 3.01. The van der Waals surface area contributed by atoms with Crippen LogP contribution in [0.5, 0.6) is 0 Å². The van der Waals surface area contributed by atoms with Crippen LogP contribution in [0.2, 0.25) is 0 Å². The van der Waals surface area contributed by atoms with Crippen molar-refractivity contribution in [3.63, 3.8) is 0 Å². The molecule has 0 unspecified atom stereocenters. The van der Waals surface area contributed by atoms with Gasteiger partial charge in [-0.05, 0) is 22.9 Å². The molecule has 6 aromatic carbocycles. The zero-order chi connectivity index (χ0) is 26.0. The highest BCUT2D eigenvalue weighted by molar-refractivity contribution is 7.86. The molecule has 0 spiro atoms. The fourth-order valence-electron chi connectivity index (χ4n) is 5.22. The van der Waals surface area contributed by atoms with E-state index in [-0.39, 0.29) is 0 Å². The van der Waals surface area contributed by atoms with E-state index in [9.17, 15) is 0 Å².